The summed E-state index contributed by atoms with van der Waals surface area (Å²) in [4.78, 5) is 0. The molecule has 0 aromatic carbocycles. The number of ether oxygens (including phenoxy) is 2. The molecule has 96 valence electrons. The van der Waals surface area contributed by atoms with Crippen LogP contribution in [0.15, 0.2) is 0 Å². The zero-order valence-electron chi connectivity index (χ0n) is 10.1. The molecule has 1 fully saturated rings. The van der Waals surface area contributed by atoms with Crippen LogP contribution in [0.4, 0.5) is 0 Å². The molecule has 1 rings (SSSR count). The maximum absolute atomic E-state index is 11.1. The summed E-state index contributed by atoms with van der Waals surface area (Å²) in [5, 5.41) is 5.08. The molecule has 6 heteroatoms. The Bertz CT molecular complexity index is 316. The van der Waals surface area contributed by atoms with E-state index in [9.17, 15) is 8.42 Å². The van der Waals surface area contributed by atoms with Crippen LogP contribution in [0, 0.1) is 11.3 Å². The van der Waals surface area contributed by atoms with Crippen molar-refractivity contribution in [3.8, 4) is 0 Å². The molecule has 0 saturated carbocycles. The average molecular weight is 251 g/mol. The van der Waals surface area contributed by atoms with Crippen molar-refractivity contribution < 1.29 is 17.9 Å². The summed E-state index contributed by atoms with van der Waals surface area (Å²) in [6, 6.07) is 0. The minimum Gasteiger partial charge on any atom is -0.376 e. The normalized spacial score (nSPS) is 20.5. The van der Waals surface area contributed by atoms with Gasteiger partial charge < -0.3 is 9.47 Å². The Hall–Kier alpha value is -0.170. The van der Waals surface area contributed by atoms with Gasteiger partial charge in [0.15, 0.2) is 0 Å². The van der Waals surface area contributed by atoms with Crippen molar-refractivity contribution in [2.75, 3.05) is 25.6 Å². The third-order valence-corrected chi connectivity index (χ3v) is 3.67. The fraction of sp³-hybridized carbons (Fsp3) is 1.00. The lowest BCUT2D eigenvalue weighted by molar-refractivity contribution is -0.140. The molecule has 0 bridgehead atoms. The number of hydrogen-bond acceptors (Lipinski definition) is 4. The molecule has 0 aromatic heterocycles. The van der Waals surface area contributed by atoms with E-state index in [1.165, 1.54) is 0 Å². The monoisotopic (exact) mass is 251 g/mol. The Labute approximate surface area is 97.3 Å². The maximum atomic E-state index is 11.1. The Kier molecular flexibility index (Phi) is 4.34. The zero-order valence-corrected chi connectivity index (χ0v) is 10.9. The molecule has 5 nitrogen and oxygen atoms in total. The first-order valence-electron chi connectivity index (χ1n) is 5.38. The number of nitrogens with two attached hydrogens (primary N) is 1. The first-order chi connectivity index (χ1) is 7.18. The molecule has 0 aliphatic carbocycles. The van der Waals surface area contributed by atoms with Gasteiger partial charge in [-0.15, -0.1) is 0 Å². The van der Waals surface area contributed by atoms with Gasteiger partial charge in [-0.25, -0.2) is 13.6 Å². The molecular weight excluding hydrogens is 230 g/mol. The fourth-order valence-corrected chi connectivity index (χ4v) is 2.55. The highest BCUT2D eigenvalue weighted by Gasteiger charge is 2.30. The maximum Gasteiger partial charge on any atom is 0.209 e. The molecule has 0 amide bonds. The highest BCUT2D eigenvalue weighted by atomic mass is 32.2. The minimum absolute atomic E-state index is 0.0376. The van der Waals surface area contributed by atoms with E-state index in [1.54, 1.807) is 0 Å². The van der Waals surface area contributed by atoms with E-state index in [0.29, 0.717) is 19.8 Å². The number of hydrogen-bond donors (Lipinski definition) is 1. The predicted octanol–water partition coefficient (Wildman–Crippen LogP) is 0.353. The van der Waals surface area contributed by atoms with Crippen LogP contribution in [-0.2, 0) is 19.5 Å². The Morgan fingerprint density at radius 3 is 2.31 bits per heavy atom. The molecule has 0 spiro atoms. The summed E-state index contributed by atoms with van der Waals surface area (Å²) in [6.07, 6.45) is 0.116. The number of primary sulfonamides is 1. The summed E-state index contributed by atoms with van der Waals surface area (Å²) in [7, 11) is -3.45. The lowest BCUT2D eigenvalue weighted by atomic mass is 9.82. The van der Waals surface area contributed by atoms with Crippen LogP contribution in [0.2, 0.25) is 0 Å². The summed E-state index contributed by atoms with van der Waals surface area (Å²) in [5.41, 5.74) is -0.142. The summed E-state index contributed by atoms with van der Waals surface area (Å²) >= 11 is 0. The van der Waals surface area contributed by atoms with Gasteiger partial charge in [0.1, 0.15) is 6.10 Å². The van der Waals surface area contributed by atoms with Crippen molar-refractivity contribution in [3.63, 3.8) is 0 Å². The van der Waals surface area contributed by atoms with Crippen LogP contribution in [0.1, 0.15) is 20.8 Å². The second-order valence-corrected chi connectivity index (χ2v) is 7.04. The average Bonchev–Trinajstić information content (AvgIpc) is 1.95. The molecule has 1 saturated heterocycles. The largest absolute Gasteiger partial charge is 0.376 e. The van der Waals surface area contributed by atoms with Crippen LogP contribution in [0.3, 0.4) is 0 Å². The van der Waals surface area contributed by atoms with Gasteiger partial charge >= 0.3 is 0 Å². The Morgan fingerprint density at radius 1 is 1.44 bits per heavy atom. The van der Waals surface area contributed by atoms with E-state index >= 15 is 0 Å². The molecule has 1 heterocycles. The van der Waals surface area contributed by atoms with Crippen LogP contribution in [-0.4, -0.2) is 40.1 Å². The van der Waals surface area contributed by atoms with Gasteiger partial charge in [0.2, 0.25) is 10.0 Å². The Morgan fingerprint density at radius 2 is 2.00 bits per heavy atom. The van der Waals surface area contributed by atoms with Gasteiger partial charge in [-0.1, -0.05) is 20.8 Å². The Balaban J connectivity index is 2.49. The van der Waals surface area contributed by atoms with Crippen LogP contribution in [0.25, 0.3) is 0 Å². The summed E-state index contributed by atoms with van der Waals surface area (Å²) < 4.78 is 32.8. The van der Waals surface area contributed by atoms with Gasteiger partial charge in [-0.2, -0.15) is 0 Å². The lowest BCUT2D eigenvalue weighted by Crippen LogP contribution is -2.41. The predicted molar refractivity (Wildman–Crippen MR) is 61.5 cm³/mol. The quantitative estimate of drug-likeness (QED) is 0.765. The van der Waals surface area contributed by atoms with E-state index in [2.05, 4.69) is 0 Å². The van der Waals surface area contributed by atoms with Gasteiger partial charge in [0, 0.05) is 5.92 Å². The second kappa shape index (κ2) is 5.00. The first kappa shape index (κ1) is 13.9. The molecule has 0 aromatic rings. The van der Waals surface area contributed by atoms with Crippen molar-refractivity contribution >= 4 is 10.0 Å². The SMILES string of the molecule is CC(C)(C)C(COC1COC1)CS(N)(=O)=O. The van der Waals surface area contributed by atoms with Crippen molar-refractivity contribution in [1.29, 1.82) is 0 Å². The van der Waals surface area contributed by atoms with Gasteiger partial charge in [0.05, 0.1) is 25.6 Å². The van der Waals surface area contributed by atoms with Crippen LogP contribution < -0.4 is 5.14 Å². The van der Waals surface area contributed by atoms with E-state index in [4.69, 9.17) is 14.6 Å². The van der Waals surface area contributed by atoms with E-state index in [1.807, 2.05) is 20.8 Å². The topological polar surface area (TPSA) is 78.6 Å². The number of sulfonamides is 1. The third-order valence-electron chi connectivity index (χ3n) is 2.80. The molecule has 1 aliphatic rings. The molecular formula is C10H21NO4S. The molecule has 1 unspecified atom stereocenters. The highest BCUT2D eigenvalue weighted by Crippen LogP contribution is 2.27. The molecule has 16 heavy (non-hydrogen) atoms. The second-order valence-electron chi connectivity index (χ2n) is 5.39. The number of rotatable bonds is 5. The van der Waals surface area contributed by atoms with Crippen molar-refractivity contribution in [1.82, 2.24) is 0 Å². The molecule has 1 aliphatic heterocycles. The van der Waals surface area contributed by atoms with E-state index < -0.39 is 10.0 Å². The highest BCUT2D eigenvalue weighted by molar-refractivity contribution is 7.89. The van der Waals surface area contributed by atoms with Crippen molar-refractivity contribution in [2.24, 2.45) is 16.5 Å². The zero-order chi connectivity index (χ0) is 12.4. The summed E-state index contributed by atoms with van der Waals surface area (Å²) in [6.45, 7) is 7.59. The summed E-state index contributed by atoms with van der Waals surface area (Å²) in [5.74, 6) is -0.132. The fourth-order valence-electron chi connectivity index (χ4n) is 1.39. The third kappa shape index (κ3) is 4.78. The van der Waals surface area contributed by atoms with E-state index in [0.717, 1.165) is 0 Å². The van der Waals surface area contributed by atoms with Gasteiger partial charge in [0.25, 0.3) is 0 Å². The minimum atomic E-state index is -3.45. The standard InChI is InChI=1S/C10H21NO4S/c1-10(2,3)8(7-16(11,12)13)4-15-9-5-14-6-9/h8-9H,4-7H2,1-3H3,(H2,11,12,13). The van der Waals surface area contributed by atoms with Crippen molar-refractivity contribution in [2.45, 2.75) is 26.9 Å². The van der Waals surface area contributed by atoms with Crippen molar-refractivity contribution in [3.05, 3.63) is 0 Å². The molecule has 1 atom stereocenters. The van der Waals surface area contributed by atoms with E-state index in [-0.39, 0.29) is 23.2 Å². The smallest absolute Gasteiger partial charge is 0.209 e. The van der Waals surface area contributed by atoms with Crippen LogP contribution >= 0.6 is 0 Å². The van der Waals surface area contributed by atoms with Crippen LogP contribution in [0.5, 0.6) is 0 Å². The molecule has 2 N–H and O–H groups in total. The lowest BCUT2D eigenvalue weighted by Gasteiger charge is -2.33. The van der Waals surface area contributed by atoms with Gasteiger partial charge in [-0.3, -0.25) is 0 Å². The first-order valence-corrected chi connectivity index (χ1v) is 7.10. The van der Waals surface area contributed by atoms with Gasteiger partial charge in [-0.05, 0) is 5.41 Å². The molecule has 0 radical (unpaired) electrons.